The van der Waals surface area contributed by atoms with E-state index in [-0.39, 0.29) is 18.5 Å². The molecule has 2 aromatic rings. The largest absolute Gasteiger partial charge is 0.483 e. The number of hydrogen-bond donors (Lipinski definition) is 3. The van der Waals surface area contributed by atoms with Crippen LogP contribution in [0.2, 0.25) is 0 Å². The molecule has 3 saturated carbocycles. The van der Waals surface area contributed by atoms with Crippen molar-refractivity contribution in [2.75, 3.05) is 22.1 Å². The lowest BCUT2D eigenvalue weighted by Gasteiger charge is -2.39. The molecule has 0 saturated heterocycles. The minimum Gasteiger partial charge on any atom is -0.483 e. The third-order valence-electron chi connectivity index (χ3n) is 7.23. The summed E-state index contributed by atoms with van der Waals surface area (Å²) in [5.41, 5.74) is 3.14. The molecule has 2 aromatic carbocycles. The molecule has 0 aromatic heterocycles. The van der Waals surface area contributed by atoms with Gasteiger partial charge < -0.3 is 20.6 Å². The Morgan fingerprint density at radius 2 is 1.36 bits per heavy atom. The molecular weight excluding hydrogens is 567 g/mol. The Balaban J connectivity index is 0.000000677. The van der Waals surface area contributed by atoms with E-state index in [1.54, 1.807) is 13.0 Å². The van der Waals surface area contributed by atoms with Crippen LogP contribution >= 0.6 is 0 Å². The molecule has 1 unspecified atom stereocenters. The van der Waals surface area contributed by atoms with Crippen molar-refractivity contribution in [2.24, 2.45) is 5.92 Å². The van der Waals surface area contributed by atoms with E-state index in [9.17, 15) is 18.0 Å². The molecule has 6 nitrogen and oxygen atoms in total. The number of carbonyl (C=O) groups is 2. The van der Waals surface area contributed by atoms with Crippen LogP contribution in [0, 0.1) is 12.8 Å². The van der Waals surface area contributed by atoms with Gasteiger partial charge in [0.25, 0.3) is 6.47 Å². The lowest BCUT2D eigenvalue weighted by atomic mass is 9.92. The predicted molar refractivity (Wildman–Crippen MR) is 177 cm³/mol. The lowest BCUT2D eigenvalue weighted by Crippen LogP contribution is -2.41. The van der Waals surface area contributed by atoms with Crippen molar-refractivity contribution in [1.29, 1.82) is 0 Å². The highest BCUT2D eigenvalue weighted by Crippen LogP contribution is 2.35. The number of benzene rings is 2. The van der Waals surface area contributed by atoms with Gasteiger partial charge in [-0.15, -0.1) is 0 Å². The number of para-hydroxylation sites is 2. The van der Waals surface area contributed by atoms with Crippen LogP contribution in [-0.4, -0.2) is 36.4 Å². The van der Waals surface area contributed by atoms with E-state index < -0.39 is 18.5 Å². The number of hydrogen-bond acceptors (Lipinski definition) is 3. The predicted octanol–water partition coefficient (Wildman–Crippen LogP) is 10.8. The number of rotatable bonds is 7. The van der Waals surface area contributed by atoms with Crippen LogP contribution < -0.4 is 15.5 Å². The Bertz CT molecular complexity index is 1030. The first-order chi connectivity index (χ1) is 21.1. The molecule has 9 heteroatoms. The molecule has 248 valence electrons. The fourth-order valence-corrected chi connectivity index (χ4v) is 4.63. The average molecular weight is 622 g/mol. The number of nitrogens with one attached hydrogen (secondary N) is 2. The number of alkyl halides is 3. The number of carbonyl (C=O) groups excluding carboxylic acids is 1. The number of anilines is 3. The molecule has 0 spiro atoms. The molecule has 1 atom stereocenters. The molecule has 3 N–H and O–H groups in total. The summed E-state index contributed by atoms with van der Waals surface area (Å²) in [5.74, 6) is -0.550. The van der Waals surface area contributed by atoms with Crippen molar-refractivity contribution < 1.29 is 27.9 Å². The Morgan fingerprint density at radius 1 is 0.886 bits per heavy atom. The van der Waals surface area contributed by atoms with Gasteiger partial charge in [0.2, 0.25) is 0 Å². The maximum absolute atomic E-state index is 13.0. The van der Waals surface area contributed by atoms with Gasteiger partial charge in [0.1, 0.15) is 0 Å². The van der Waals surface area contributed by atoms with Gasteiger partial charge in [0.05, 0.1) is 11.4 Å². The number of amides is 2. The maximum Gasteiger partial charge on any atom is 0.389 e. The van der Waals surface area contributed by atoms with Crippen LogP contribution in [0.5, 0.6) is 0 Å². The Morgan fingerprint density at radius 3 is 1.84 bits per heavy atom. The first-order valence-electron chi connectivity index (χ1n) is 16.3. The average Bonchev–Trinajstić information content (AvgIpc) is 3.84. The number of aryl methyl sites for hydroxylation is 1. The second-order valence-electron chi connectivity index (χ2n) is 11.4. The minimum absolute atomic E-state index is 0.169. The number of nitrogens with zero attached hydrogens (tertiary/aromatic N) is 1. The van der Waals surface area contributed by atoms with Gasteiger partial charge in [-0.1, -0.05) is 115 Å². The van der Waals surface area contributed by atoms with Crippen LogP contribution in [0.1, 0.15) is 110 Å². The lowest BCUT2D eigenvalue weighted by molar-refractivity contribution is -0.142. The van der Waals surface area contributed by atoms with Crippen molar-refractivity contribution in [2.45, 2.75) is 123 Å². The van der Waals surface area contributed by atoms with Gasteiger partial charge in [-0.3, -0.25) is 4.79 Å². The van der Waals surface area contributed by atoms with Gasteiger partial charge in [-0.05, 0) is 49.9 Å². The summed E-state index contributed by atoms with van der Waals surface area (Å²) in [6, 6.07) is 14.6. The Kier molecular flexibility index (Phi) is 19.7. The highest BCUT2D eigenvalue weighted by Gasteiger charge is 2.32. The van der Waals surface area contributed by atoms with Crippen LogP contribution in [0.3, 0.4) is 0 Å². The van der Waals surface area contributed by atoms with Crippen molar-refractivity contribution in [3.8, 4) is 0 Å². The number of urea groups is 1. The van der Waals surface area contributed by atoms with E-state index in [0.29, 0.717) is 17.9 Å². The third kappa shape index (κ3) is 17.8. The molecular formula is C35H54F3N3O3. The summed E-state index contributed by atoms with van der Waals surface area (Å²) in [6.07, 6.45) is 10.7. The highest BCUT2D eigenvalue weighted by molar-refractivity contribution is 6.01. The third-order valence-corrected chi connectivity index (χ3v) is 7.23. The smallest absolute Gasteiger partial charge is 0.389 e. The molecule has 5 rings (SSSR count). The van der Waals surface area contributed by atoms with Gasteiger partial charge in [-0.25, -0.2) is 4.79 Å². The summed E-state index contributed by atoms with van der Waals surface area (Å²) >= 11 is 0. The first kappa shape index (κ1) is 38.8. The summed E-state index contributed by atoms with van der Waals surface area (Å²) < 4.78 is 39.0. The molecule has 0 radical (unpaired) electrons. The van der Waals surface area contributed by atoms with Crippen LogP contribution in [0.4, 0.5) is 35.0 Å². The topological polar surface area (TPSA) is 81.7 Å². The molecule has 3 aliphatic rings. The fraction of sp³-hybridized carbons (Fsp3) is 0.600. The zero-order chi connectivity index (χ0) is 32.8. The maximum atomic E-state index is 13.0. The molecule has 44 heavy (non-hydrogen) atoms. The first-order valence-corrected chi connectivity index (χ1v) is 16.3. The number of halogens is 3. The van der Waals surface area contributed by atoms with E-state index in [1.165, 1.54) is 44.9 Å². The SMILES string of the molecule is C1CC1.C1CCC1.CC.Cc1ccc(NC(=O)Nc2ccccc2N(CC(C)CC(F)(F)F)C2CCCCC2)cc1.O=CO. The molecule has 3 aliphatic carbocycles. The number of carboxylic acid groups (broad SMARTS) is 1. The summed E-state index contributed by atoms with van der Waals surface area (Å²) in [6.45, 7) is 7.66. The second kappa shape index (κ2) is 22.3. The normalized spacial score (nSPS) is 15.7. The fourth-order valence-electron chi connectivity index (χ4n) is 4.63. The van der Waals surface area contributed by atoms with Crippen molar-refractivity contribution >= 4 is 29.6 Å². The van der Waals surface area contributed by atoms with Gasteiger partial charge >= 0.3 is 12.2 Å². The van der Waals surface area contributed by atoms with Crippen molar-refractivity contribution in [3.63, 3.8) is 0 Å². The van der Waals surface area contributed by atoms with Crippen LogP contribution in [0.15, 0.2) is 48.5 Å². The van der Waals surface area contributed by atoms with Crippen LogP contribution in [-0.2, 0) is 4.79 Å². The van der Waals surface area contributed by atoms with Crippen molar-refractivity contribution in [1.82, 2.24) is 0 Å². The van der Waals surface area contributed by atoms with Gasteiger partial charge in [0.15, 0.2) is 0 Å². The van der Waals surface area contributed by atoms with Gasteiger partial charge in [0, 0.05) is 24.7 Å². The van der Waals surface area contributed by atoms with Crippen molar-refractivity contribution in [3.05, 3.63) is 54.1 Å². The molecule has 0 aliphatic heterocycles. The zero-order valence-corrected chi connectivity index (χ0v) is 27.1. The summed E-state index contributed by atoms with van der Waals surface area (Å²) in [7, 11) is 0. The molecule has 0 heterocycles. The van der Waals surface area contributed by atoms with E-state index in [4.69, 9.17) is 9.90 Å². The minimum atomic E-state index is -4.19. The zero-order valence-electron chi connectivity index (χ0n) is 27.1. The quantitative estimate of drug-likeness (QED) is 0.269. The van der Waals surface area contributed by atoms with Crippen LogP contribution in [0.25, 0.3) is 0 Å². The monoisotopic (exact) mass is 621 g/mol. The van der Waals surface area contributed by atoms with E-state index in [1.807, 2.05) is 63.2 Å². The standard InChI is InChI=1S/C25H32F3N3O.C4H8.C3H6.C2H6.CH2O2/c1-18-12-14-20(15-13-18)29-24(32)30-22-10-6-7-11-23(22)31(21-8-4-3-5-9-21)17-19(2)16-25(26,27)28;1-2-4-3-1;1-2-3-1;1-2;2-1-3/h6-7,10-15,19,21H,3-5,8-9,16-17H2,1-2H3,(H2,29,30,32);1-4H2;1-3H2;1-2H3;1H,(H,2,3). The summed E-state index contributed by atoms with van der Waals surface area (Å²) in [4.78, 5) is 23.1. The second-order valence-corrected chi connectivity index (χ2v) is 11.4. The summed E-state index contributed by atoms with van der Waals surface area (Å²) in [5, 5.41) is 12.6. The molecule has 0 bridgehead atoms. The van der Waals surface area contributed by atoms with E-state index in [0.717, 1.165) is 43.4 Å². The Labute approximate surface area is 262 Å². The van der Waals surface area contributed by atoms with E-state index >= 15 is 0 Å². The molecule has 2 amide bonds. The molecule has 3 fully saturated rings. The highest BCUT2D eigenvalue weighted by atomic mass is 19.4. The Hall–Kier alpha value is -3.23. The van der Waals surface area contributed by atoms with E-state index in [2.05, 4.69) is 15.5 Å². The van der Waals surface area contributed by atoms with Gasteiger partial charge in [-0.2, -0.15) is 13.2 Å².